The summed E-state index contributed by atoms with van der Waals surface area (Å²) < 4.78 is 11.7. The van der Waals surface area contributed by atoms with Crippen molar-refractivity contribution in [3.05, 3.63) is 60.0 Å². The molecule has 0 amide bonds. The van der Waals surface area contributed by atoms with Gasteiger partial charge in [-0.3, -0.25) is 0 Å². The summed E-state index contributed by atoms with van der Waals surface area (Å²) in [4.78, 5) is 0. The maximum Gasteiger partial charge on any atom is 0.247 e. The van der Waals surface area contributed by atoms with E-state index >= 15 is 0 Å². The molecule has 1 N–H and O–H groups in total. The Bertz CT molecular complexity index is 1060. The van der Waals surface area contributed by atoms with E-state index in [9.17, 15) is 0 Å². The Labute approximate surface area is 170 Å². The van der Waals surface area contributed by atoms with Crippen molar-refractivity contribution in [1.29, 1.82) is 0 Å². The zero-order chi connectivity index (χ0) is 19.3. The lowest BCUT2D eigenvalue weighted by atomic mass is 10.1. The highest BCUT2D eigenvalue weighted by molar-refractivity contribution is 8.00. The third kappa shape index (κ3) is 4.49. The predicted octanol–water partition coefficient (Wildman–Crippen LogP) is 4.94. The number of nitrogens with one attached hydrogen (secondary N) is 1. The lowest BCUT2D eigenvalue weighted by Gasteiger charge is -2.03. The minimum absolute atomic E-state index is 0.526. The van der Waals surface area contributed by atoms with Gasteiger partial charge in [-0.25, -0.2) is 0 Å². The summed E-state index contributed by atoms with van der Waals surface area (Å²) in [7, 11) is 1.64. The fraction of sp³-hybridized carbons (Fsp3) is 0.158. The molecule has 0 radical (unpaired) electrons. The standard InChI is InChI=1S/C19H17N5O2S2/c1-12-4-3-5-13(10-12)17-22-21-16(26-17)11-27-19-24-23-18(28-19)20-14-6-8-15(25-2)9-7-14/h3-10H,11H2,1-2H3,(H,20,23). The molecule has 28 heavy (non-hydrogen) atoms. The van der Waals surface area contributed by atoms with Gasteiger partial charge >= 0.3 is 0 Å². The van der Waals surface area contributed by atoms with Gasteiger partial charge < -0.3 is 14.5 Å². The molecule has 0 aliphatic rings. The van der Waals surface area contributed by atoms with E-state index < -0.39 is 0 Å². The highest BCUT2D eigenvalue weighted by Crippen LogP contribution is 2.30. The van der Waals surface area contributed by atoms with E-state index in [1.165, 1.54) is 23.1 Å². The van der Waals surface area contributed by atoms with Crippen molar-refractivity contribution in [2.45, 2.75) is 17.0 Å². The van der Waals surface area contributed by atoms with Crippen LogP contribution in [-0.2, 0) is 5.75 Å². The van der Waals surface area contributed by atoms with Crippen molar-refractivity contribution in [2.24, 2.45) is 0 Å². The summed E-state index contributed by atoms with van der Waals surface area (Å²) in [5.74, 6) is 2.43. The molecule has 0 saturated carbocycles. The number of nitrogens with zero attached hydrogens (tertiary/aromatic N) is 4. The molecule has 9 heteroatoms. The van der Waals surface area contributed by atoms with Gasteiger partial charge in [-0.2, -0.15) is 0 Å². The van der Waals surface area contributed by atoms with Crippen LogP contribution in [-0.4, -0.2) is 27.5 Å². The van der Waals surface area contributed by atoms with Gasteiger partial charge in [-0.05, 0) is 43.3 Å². The SMILES string of the molecule is COc1ccc(Nc2nnc(SCc3nnc(-c4cccc(C)c4)o3)s2)cc1. The molecule has 2 heterocycles. The van der Waals surface area contributed by atoms with Gasteiger partial charge in [0.25, 0.3) is 0 Å². The largest absolute Gasteiger partial charge is 0.497 e. The van der Waals surface area contributed by atoms with Gasteiger partial charge in [0.1, 0.15) is 5.75 Å². The molecule has 0 saturated heterocycles. The van der Waals surface area contributed by atoms with Gasteiger partial charge in [0.2, 0.25) is 16.9 Å². The van der Waals surface area contributed by atoms with Gasteiger partial charge in [0, 0.05) is 11.3 Å². The minimum Gasteiger partial charge on any atom is -0.497 e. The Kier molecular flexibility index (Phi) is 5.54. The Morgan fingerprint density at radius 1 is 1.07 bits per heavy atom. The second-order valence-electron chi connectivity index (χ2n) is 5.89. The molecule has 2 aromatic carbocycles. The maximum atomic E-state index is 5.76. The quantitative estimate of drug-likeness (QED) is 0.428. The van der Waals surface area contributed by atoms with Crippen LogP contribution in [0.25, 0.3) is 11.5 Å². The first-order valence-corrected chi connectivity index (χ1v) is 10.3. The zero-order valence-corrected chi connectivity index (χ0v) is 16.9. The van der Waals surface area contributed by atoms with Crippen LogP contribution in [0, 0.1) is 6.92 Å². The molecule has 0 bridgehead atoms. The van der Waals surface area contributed by atoms with E-state index in [4.69, 9.17) is 9.15 Å². The van der Waals surface area contributed by atoms with E-state index in [-0.39, 0.29) is 0 Å². The summed E-state index contributed by atoms with van der Waals surface area (Å²) >= 11 is 2.98. The molecular formula is C19H17N5O2S2. The summed E-state index contributed by atoms with van der Waals surface area (Å²) in [5, 5.41) is 20.6. The Balaban J connectivity index is 1.35. The zero-order valence-electron chi connectivity index (χ0n) is 15.2. The number of aromatic nitrogens is 4. The van der Waals surface area contributed by atoms with Crippen LogP contribution in [0.1, 0.15) is 11.5 Å². The summed E-state index contributed by atoms with van der Waals surface area (Å²) in [6.45, 7) is 2.03. The lowest BCUT2D eigenvalue weighted by Crippen LogP contribution is -1.89. The van der Waals surface area contributed by atoms with Gasteiger partial charge in [-0.1, -0.05) is 40.8 Å². The molecule has 0 fully saturated rings. The Morgan fingerprint density at radius 3 is 2.71 bits per heavy atom. The number of hydrogen-bond acceptors (Lipinski definition) is 9. The summed E-state index contributed by atoms with van der Waals surface area (Å²) in [5.41, 5.74) is 3.00. The molecule has 0 atom stereocenters. The number of methoxy groups -OCH3 is 1. The van der Waals surface area contributed by atoms with E-state index in [1.54, 1.807) is 7.11 Å². The lowest BCUT2D eigenvalue weighted by molar-refractivity contribution is 0.415. The second-order valence-corrected chi connectivity index (χ2v) is 8.09. The molecule has 2 aromatic heterocycles. The number of benzene rings is 2. The normalized spacial score (nSPS) is 10.8. The fourth-order valence-corrected chi connectivity index (χ4v) is 4.06. The number of aryl methyl sites for hydroxylation is 1. The number of anilines is 2. The molecular weight excluding hydrogens is 394 g/mol. The first-order chi connectivity index (χ1) is 13.7. The fourth-order valence-electron chi connectivity index (χ4n) is 2.45. The Morgan fingerprint density at radius 2 is 1.93 bits per heavy atom. The van der Waals surface area contributed by atoms with Gasteiger partial charge in [0.15, 0.2) is 4.34 Å². The molecule has 0 spiro atoms. The molecule has 142 valence electrons. The van der Waals surface area contributed by atoms with Crippen LogP contribution < -0.4 is 10.1 Å². The molecule has 4 aromatic rings. The smallest absolute Gasteiger partial charge is 0.247 e. The van der Waals surface area contributed by atoms with E-state index in [0.717, 1.165) is 32.0 Å². The molecule has 0 unspecified atom stereocenters. The third-order valence-corrected chi connectivity index (χ3v) is 5.76. The van der Waals surface area contributed by atoms with Crippen LogP contribution in [0.2, 0.25) is 0 Å². The summed E-state index contributed by atoms with van der Waals surface area (Å²) in [6.07, 6.45) is 0. The van der Waals surface area contributed by atoms with Crippen molar-refractivity contribution >= 4 is 33.9 Å². The van der Waals surface area contributed by atoms with Crippen molar-refractivity contribution in [1.82, 2.24) is 20.4 Å². The Hall–Kier alpha value is -2.91. The van der Waals surface area contributed by atoms with Crippen LogP contribution in [0.15, 0.2) is 57.3 Å². The number of ether oxygens (including phenoxy) is 1. The highest BCUT2D eigenvalue weighted by Gasteiger charge is 2.11. The van der Waals surface area contributed by atoms with Gasteiger partial charge in [-0.15, -0.1) is 20.4 Å². The molecule has 4 rings (SSSR count). The predicted molar refractivity (Wildman–Crippen MR) is 110 cm³/mol. The molecule has 0 aliphatic heterocycles. The van der Waals surface area contributed by atoms with Crippen LogP contribution in [0.5, 0.6) is 5.75 Å². The van der Waals surface area contributed by atoms with Crippen molar-refractivity contribution in [3.63, 3.8) is 0 Å². The third-order valence-electron chi connectivity index (χ3n) is 3.80. The summed E-state index contributed by atoms with van der Waals surface area (Å²) in [6, 6.07) is 15.6. The van der Waals surface area contributed by atoms with Crippen molar-refractivity contribution in [2.75, 3.05) is 12.4 Å². The highest BCUT2D eigenvalue weighted by atomic mass is 32.2. The van der Waals surface area contributed by atoms with E-state index in [1.807, 2.05) is 55.5 Å². The molecule has 7 nitrogen and oxygen atoms in total. The van der Waals surface area contributed by atoms with Crippen LogP contribution in [0.3, 0.4) is 0 Å². The number of rotatable bonds is 7. The van der Waals surface area contributed by atoms with Gasteiger partial charge in [0.05, 0.1) is 12.9 Å². The first kappa shape index (κ1) is 18.5. The molecule has 0 aliphatic carbocycles. The average Bonchev–Trinajstić information content (AvgIpc) is 3.36. The van der Waals surface area contributed by atoms with E-state index in [0.29, 0.717) is 17.5 Å². The van der Waals surface area contributed by atoms with Crippen LogP contribution in [0.4, 0.5) is 10.8 Å². The maximum absolute atomic E-state index is 5.76. The second kappa shape index (κ2) is 8.41. The number of thioether (sulfide) groups is 1. The number of hydrogen-bond donors (Lipinski definition) is 1. The average molecular weight is 412 g/mol. The van der Waals surface area contributed by atoms with Crippen molar-refractivity contribution in [3.8, 4) is 17.2 Å². The van der Waals surface area contributed by atoms with Crippen molar-refractivity contribution < 1.29 is 9.15 Å². The topological polar surface area (TPSA) is 86.0 Å². The monoisotopic (exact) mass is 411 g/mol. The minimum atomic E-state index is 0.526. The van der Waals surface area contributed by atoms with Crippen LogP contribution >= 0.6 is 23.1 Å². The first-order valence-electron chi connectivity index (χ1n) is 8.46. The van der Waals surface area contributed by atoms with E-state index in [2.05, 4.69) is 25.7 Å².